The highest BCUT2D eigenvalue weighted by Crippen LogP contribution is 2.29. The second-order valence-corrected chi connectivity index (χ2v) is 10.4. The van der Waals surface area contributed by atoms with E-state index in [9.17, 15) is 21.2 Å². The van der Waals surface area contributed by atoms with Gasteiger partial charge in [-0.2, -0.15) is 13.1 Å². The Bertz CT molecular complexity index is 1330. The summed E-state index contributed by atoms with van der Waals surface area (Å²) in [5, 5.41) is 2.94. The van der Waals surface area contributed by atoms with Crippen LogP contribution in [0, 0.1) is 5.82 Å². The summed E-state index contributed by atoms with van der Waals surface area (Å²) in [6, 6.07) is 12.9. The summed E-state index contributed by atoms with van der Waals surface area (Å²) in [5.41, 5.74) is 0.975. The van der Waals surface area contributed by atoms with Gasteiger partial charge in [-0.05, 0) is 49.0 Å². The number of hydrogen-bond donors (Lipinski definition) is 3. The first kappa shape index (κ1) is 27.8. The Morgan fingerprint density at radius 2 is 1.76 bits per heavy atom. The van der Waals surface area contributed by atoms with Crippen LogP contribution < -0.4 is 14.8 Å². The van der Waals surface area contributed by atoms with Crippen LogP contribution in [0.3, 0.4) is 0 Å². The number of nitrogens with zero attached hydrogens (tertiary/aromatic N) is 1. The summed E-state index contributed by atoms with van der Waals surface area (Å²) >= 11 is 0. The minimum Gasteiger partial charge on any atom is -0.383 e. The molecule has 0 unspecified atom stereocenters. The van der Waals surface area contributed by atoms with Crippen molar-refractivity contribution in [3.05, 3.63) is 72.2 Å². The summed E-state index contributed by atoms with van der Waals surface area (Å²) in [6.45, 7) is 0.598. The quantitative estimate of drug-likeness (QED) is 0.327. The molecule has 0 bridgehead atoms. The molecule has 0 fully saturated rings. The van der Waals surface area contributed by atoms with Gasteiger partial charge in [0.25, 0.3) is 20.2 Å². The molecule has 2 aromatic carbocycles. The lowest BCUT2D eigenvalue weighted by molar-refractivity contribution is 0.204. The first-order chi connectivity index (χ1) is 15.7. The molecule has 1 heterocycles. The Kier molecular flexibility index (Phi) is 9.62. The lowest BCUT2D eigenvalue weighted by Crippen LogP contribution is -2.32. The van der Waals surface area contributed by atoms with Crippen molar-refractivity contribution in [3.63, 3.8) is 0 Å². The van der Waals surface area contributed by atoms with Gasteiger partial charge in [0.2, 0.25) is 0 Å². The predicted octanol–water partition coefficient (Wildman–Crippen LogP) is 2.57. The van der Waals surface area contributed by atoms with E-state index in [0.717, 1.165) is 3.97 Å². The molecule has 0 aliphatic heterocycles. The first-order valence-corrected chi connectivity index (χ1v) is 12.8. The third kappa shape index (κ3) is 6.56. The molecule has 186 valence electrons. The van der Waals surface area contributed by atoms with Crippen molar-refractivity contribution in [3.8, 4) is 11.3 Å². The van der Waals surface area contributed by atoms with E-state index < -0.39 is 26.0 Å². The van der Waals surface area contributed by atoms with Crippen molar-refractivity contribution < 1.29 is 26.0 Å². The number of hydrogen-bond acceptors (Lipinski definition) is 6. The van der Waals surface area contributed by atoms with Crippen LogP contribution in [0.1, 0.15) is 5.56 Å². The molecule has 13 heteroatoms. The summed E-state index contributed by atoms with van der Waals surface area (Å²) in [7, 11) is -4.96. The molecular weight excluding hydrogens is 507 g/mol. The average molecular weight is 533 g/mol. The molecule has 0 atom stereocenters. The zero-order chi connectivity index (χ0) is 24.1. The van der Waals surface area contributed by atoms with E-state index >= 15 is 0 Å². The van der Waals surface area contributed by atoms with E-state index in [2.05, 4.69) is 14.8 Å². The van der Waals surface area contributed by atoms with Gasteiger partial charge in [0, 0.05) is 32.0 Å². The zero-order valence-electron chi connectivity index (χ0n) is 18.5. The number of methoxy groups -OCH3 is 1. The van der Waals surface area contributed by atoms with Crippen LogP contribution in [-0.4, -0.2) is 48.1 Å². The Balaban J connectivity index is 0.00000408. The standard InChI is InChI=1S/C21H25FN4O5S2.ClH/c1-23-14-16-12-21(19-8-3-4-9-20(19)22)26(15-16)32(27,28)18-7-5-6-17(13-18)25-33(29,30)24-10-11-31-2;/h3-9,12-13,15,23-25H,10-11,14H2,1-2H3;1H. The van der Waals surface area contributed by atoms with E-state index in [1.54, 1.807) is 19.2 Å². The number of nitrogens with one attached hydrogen (secondary N) is 3. The van der Waals surface area contributed by atoms with Crippen molar-refractivity contribution >= 4 is 38.3 Å². The van der Waals surface area contributed by atoms with Crippen LogP contribution >= 0.6 is 12.4 Å². The summed E-state index contributed by atoms with van der Waals surface area (Å²) in [4.78, 5) is -0.163. The minimum atomic E-state index is -4.18. The molecule has 0 aliphatic rings. The maximum Gasteiger partial charge on any atom is 0.299 e. The Morgan fingerprint density at radius 1 is 1.03 bits per heavy atom. The molecule has 0 amide bonds. The fourth-order valence-corrected chi connectivity index (χ4v) is 5.46. The topological polar surface area (TPSA) is 119 Å². The molecule has 1 aromatic heterocycles. The highest BCUT2D eigenvalue weighted by molar-refractivity contribution is 7.91. The van der Waals surface area contributed by atoms with Crippen molar-refractivity contribution in [1.82, 2.24) is 14.0 Å². The molecule has 0 saturated heterocycles. The minimum absolute atomic E-state index is 0. The van der Waals surface area contributed by atoms with Crippen LogP contribution in [-0.2, 0) is 31.5 Å². The molecule has 3 N–H and O–H groups in total. The molecular formula is C21H26ClFN4O5S2. The summed E-state index contributed by atoms with van der Waals surface area (Å²) in [5.74, 6) is -0.563. The molecule has 0 spiro atoms. The Labute approximate surface area is 205 Å². The maximum absolute atomic E-state index is 14.5. The van der Waals surface area contributed by atoms with Crippen LogP contribution in [0.4, 0.5) is 10.1 Å². The number of anilines is 1. The molecule has 0 aliphatic carbocycles. The summed E-state index contributed by atoms with van der Waals surface area (Å²) < 4.78 is 76.2. The van der Waals surface area contributed by atoms with Gasteiger partial charge in [0.15, 0.2) is 0 Å². The van der Waals surface area contributed by atoms with Crippen LogP contribution in [0.15, 0.2) is 65.7 Å². The number of rotatable bonds is 11. The van der Waals surface area contributed by atoms with Gasteiger partial charge < -0.3 is 10.1 Å². The number of halogens is 2. The fraction of sp³-hybridized carbons (Fsp3) is 0.238. The van der Waals surface area contributed by atoms with Gasteiger partial charge >= 0.3 is 0 Å². The molecule has 34 heavy (non-hydrogen) atoms. The van der Waals surface area contributed by atoms with E-state index in [4.69, 9.17) is 4.74 Å². The van der Waals surface area contributed by atoms with Crippen molar-refractivity contribution in [2.45, 2.75) is 11.4 Å². The molecule has 0 saturated carbocycles. The monoisotopic (exact) mass is 532 g/mol. The first-order valence-electron chi connectivity index (χ1n) is 9.90. The maximum atomic E-state index is 14.5. The Hall–Kier alpha value is -2.48. The normalized spacial score (nSPS) is 11.7. The zero-order valence-corrected chi connectivity index (χ0v) is 20.9. The largest absolute Gasteiger partial charge is 0.383 e. The number of aromatic nitrogens is 1. The van der Waals surface area contributed by atoms with E-state index in [1.165, 1.54) is 55.8 Å². The van der Waals surface area contributed by atoms with Crippen molar-refractivity contribution in [2.75, 3.05) is 32.0 Å². The third-order valence-corrected chi connectivity index (χ3v) is 7.37. The van der Waals surface area contributed by atoms with Gasteiger partial charge in [-0.25, -0.2) is 16.8 Å². The second kappa shape index (κ2) is 11.8. The number of ether oxygens (including phenoxy) is 1. The van der Waals surface area contributed by atoms with Crippen LogP contribution in [0.2, 0.25) is 0 Å². The molecule has 0 radical (unpaired) electrons. The highest BCUT2D eigenvalue weighted by atomic mass is 35.5. The van der Waals surface area contributed by atoms with E-state index in [0.29, 0.717) is 12.1 Å². The highest BCUT2D eigenvalue weighted by Gasteiger charge is 2.24. The van der Waals surface area contributed by atoms with Crippen LogP contribution in [0.25, 0.3) is 11.3 Å². The van der Waals surface area contributed by atoms with Gasteiger partial charge in [-0.3, -0.25) is 4.72 Å². The Morgan fingerprint density at radius 3 is 2.44 bits per heavy atom. The second-order valence-electron chi connectivity index (χ2n) is 7.07. The lowest BCUT2D eigenvalue weighted by atomic mass is 10.1. The third-order valence-electron chi connectivity index (χ3n) is 4.61. The molecule has 3 aromatic rings. The van der Waals surface area contributed by atoms with E-state index in [1.807, 2.05) is 0 Å². The summed E-state index contributed by atoms with van der Waals surface area (Å²) in [6.07, 6.45) is 1.41. The molecule has 3 rings (SSSR count). The van der Waals surface area contributed by atoms with Crippen LogP contribution in [0.5, 0.6) is 0 Å². The fourth-order valence-electron chi connectivity index (χ4n) is 3.16. The SMILES string of the molecule is CNCc1cc(-c2ccccc2F)n(S(=O)(=O)c2cccc(NS(=O)(=O)NCCOC)c2)c1.Cl. The smallest absolute Gasteiger partial charge is 0.299 e. The van der Waals surface area contributed by atoms with Gasteiger partial charge in [0.1, 0.15) is 5.82 Å². The van der Waals surface area contributed by atoms with E-state index in [-0.39, 0.29) is 47.4 Å². The predicted molar refractivity (Wildman–Crippen MR) is 131 cm³/mol. The van der Waals surface area contributed by atoms with Crippen molar-refractivity contribution in [1.29, 1.82) is 0 Å². The van der Waals surface area contributed by atoms with Gasteiger partial charge in [0.05, 0.1) is 22.9 Å². The van der Waals surface area contributed by atoms with Crippen molar-refractivity contribution in [2.24, 2.45) is 0 Å². The molecule has 9 nitrogen and oxygen atoms in total. The number of benzene rings is 2. The van der Waals surface area contributed by atoms with Gasteiger partial charge in [-0.15, -0.1) is 12.4 Å². The average Bonchev–Trinajstić information content (AvgIpc) is 3.19. The lowest BCUT2D eigenvalue weighted by Gasteiger charge is -2.13. The van der Waals surface area contributed by atoms with Gasteiger partial charge in [-0.1, -0.05) is 18.2 Å².